The van der Waals surface area contributed by atoms with Gasteiger partial charge in [0.1, 0.15) is 5.69 Å². The van der Waals surface area contributed by atoms with Gasteiger partial charge in [0.25, 0.3) is 0 Å². The van der Waals surface area contributed by atoms with Crippen LogP contribution in [0.25, 0.3) is 5.65 Å². The fourth-order valence-electron chi connectivity index (χ4n) is 3.96. The summed E-state index contributed by atoms with van der Waals surface area (Å²) in [7, 11) is 1.92. The fraction of sp³-hybridized carbons (Fsp3) is 0.400. The van der Waals surface area contributed by atoms with E-state index >= 15 is 0 Å². The zero-order valence-corrected chi connectivity index (χ0v) is 16.0. The third-order valence-electron chi connectivity index (χ3n) is 5.22. The van der Waals surface area contributed by atoms with Crippen LogP contribution in [0.15, 0.2) is 36.5 Å². The van der Waals surface area contributed by atoms with Crippen molar-refractivity contribution >= 4 is 22.9 Å². The molecule has 2 aromatic heterocycles. The van der Waals surface area contributed by atoms with E-state index in [1.165, 1.54) is 24.1 Å². The lowest BCUT2D eigenvalue weighted by Crippen LogP contribution is -2.34. The van der Waals surface area contributed by atoms with Crippen LogP contribution in [0.4, 0.5) is 5.69 Å². The number of rotatable bonds is 4. The summed E-state index contributed by atoms with van der Waals surface area (Å²) >= 11 is 6.01. The van der Waals surface area contributed by atoms with Crippen molar-refractivity contribution < 1.29 is 0 Å². The van der Waals surface area contributed by atoms with Gasteiger partial charge < -0.3 is 5.32 Å². The molecule has 0 aliphatic carbocycles. The minimum Gasteiger partial charge on any atom is -0.384 e. The van der Waals surface area contributed by atoms with Gasteiger partial charge in [-0.2, -0.15) is 5.10 Å². The number of nitrogens with zero attached hydrogens (tertiary/aromatic N) is 4. The normalized spacial score (nSPS) is 18.3. The van der Waals surface area contributed by atoms with Crippen LogP contribution in [-0.4, -0.2) is 39.6 Å². The van der Waals surface area contributed by atoms with Gasteiger partial charge in [-0.05, 0) is 50.1 Å². The Balaban J connectivity index is 1.58. The van der Waals surface area contributed by atoms with E-state index in [1.54, 1.807) is 0 Å². The molecule has 5 nitrogen and oxygen atoms in total. The third-order valence-corrected chi connectivity index (χ3v) is 5.47. The molecule has 3 heterocycles. The van der Waals surface area contributed by atoms with Crippen molar-refractivity contribution in [1.82, 2.24) is 19.5 Å². The number of hydrogen-bond donors (Lipinski definition) is 1. The van der Waals surface area contributed by atoms with Crippen LogP contribution in [-0.2, 0) is 6.54 Å². The van der Waals surface area contributed by atoms with Gasteiger partial charge in [-0.15, -0.1) is 0 Å². The van der Waals surface area contributed by atoms with Gasteiger partial charge in [0, 0.05) is 37.3 Å². The number of halogens is 1. The van der Waals surface area contributed by atoms with E-state index in [0.717, 1.165) is 41.7 Å². The van der Waals surface area contributed by atoms with E-state index in [-0.39, 0.29) is 0 Å². The van der Waals surface area contributed by atoms with Crippen molar-refractivity contribution in [3.63, 3.8) is 0 Å². The average molecular weight is 370 g/mol. The second-order valence-electron chi connectivity index (χ2n) is 7.02. The predicted octanol–water partition coefficient (Wildman–Crippen LogP) is 4.11. The van der Waals surface area contributed by atoms with Crippen LogP contribution in [0.2, 0.25) is 5.02 Å². The Labute approximate surface area is 159 Å². The molecule has 4 rings (SSSR count). The molecule has 0 bridgehead atoms. The molecule has 1 aliphatic rings. The molecular weight excluding hydrogens is 346 g/mol. The Morgan fingerprint density at radius 2 is 2.04 bits per heavy atom. The van der Waals surface area contributed by atoms with E-state index in [4.69, 9.17) is 16.7 Å². The summed E-state index contributed by atoms with van der Waals surface area (Å²) in [6.45, 7) is 5.16. The lowest BCUT2D eigenvalue weighted by molar-refractivity contribution is 0.197. The van der Waals surface area contributed by atoms with E-state index in [0.29, 0.717) is 5.92 Å². The quantitative estimate of drug-likeness (QED) is 0.751. The number of likely N-dealkylation sites (tertiary alicyclic amines) is 1. The number of anilines is 1. The number of piperidine rings is 1. The Kier molecular flexibility index (Phi) is 4.83. The molecule has 136 valence electrons. The number of benzene rings is 1. The van der Waals surface area contributed by atoms with Crippen molar-refractivity contribution in [2.45, 2.75) is 32.2 Å². The zero-order chi connectivity index (χ0) is 18.1. The maximum Gasteiger partial charge on any atom is 0.179 e. The topological polar surface area (TPSA) is 45.5 Å². The highest BCUT2D eigenvalue weighted by molar-refractivity contribution is 6.30. The lowest BCUT2D eigenvalue weighted by atomic mass is 9.94. The van der Waals surface area contributed by atoms with Gasteiger partial charge in [-0.3, -0.25) is 4.90 Å². The summed E-state index contributed by atoms with van der Waals surface area (Å²) in [4.78, 5) is 7.06. The third kappa shape index (κ3) is 3.29. The summed E-state index contributed by atoms with van der Waals surface area (Å²) in [6, 6.07) is 10.3. The molecule has 3 aromatic rings. The first-order valence-corrected chi connectivity index (χ1v) is 9.52. The molecule has 1 atom stereocenters. The molecule has 26 heavy (non-hydrogen) atoms. The van der Waals surface area contributed by atoms with E-state index in [2.05, 4.69) is 33.4 Å². The summed E-state index contributed by atoms with van der Waals surface area (Å²) in [6.07, 6.45) is 4.29. The predicted molar refractivity (Wildman–Crippen MR) is 106 cm³/mol. The fourth-order valence-corrected chi connectivity index (χ4v) is 4.09. The lowest BCUT2D eigenvalue weighted by Gasteiger charge is -2.33. The number of fused-ring (bicyclic) bond motifs is 1. The monoisotopic (exact) mass is 369 g/mol. The van der Waals surface area contributed by atoms with Gasteiger partial charge in [0.05, 0.1) is 11.4 Å². The second-order valence-corrected chi connectivity index (χ2v) is 7.45. The number of aromatic nitrogens is 3. The largest absolute Gasteiger partial charge is 0.384 e. The highest BCUT2D eigenvalue weighted by Gasteiger charge is 2.24. The van der Waals surface area contributed by atoms with Crippen molar-refractivity contribution in [3.8, 4) is 0 Å². The van der Waals surface area contributed by atoms with Gasteiger partial charge >= 0.3 is 0 Å². The smallest absolute Gasteiger partial charge is 0.179 e. The van der Waals surface area contributed by atoms with Crippen LogP contribution < -0.4 is 5.32 Å². The first-order valence-electron chi connectivity index (χ1n) is 9.14. The summed E-state index contributed by atoms with van der Waals surface area (Å²) in [5, 5.41) is 8.75. The molecule has 1 aromatic carbocycles. The van der Waals surface area contributed by atoms with Crippen molar-refractivity contribution in [2.75, 3.05) is 25.5 Å². The van der Waals surface area contributed by atoms with Gasteiger partial charge in [-0.25, -0.2) is 9.50 Å². The van der Waals surface area contributed by atoms with Crippen LogP contribution in [0.1, 0.15) is 35.7 Å². The van der Waals surface area contributed by atoms with Crippen LogP contribution in [0, 0.1) is 6.92 Å². The number of nitrogens with one attached hydrogen (secondary N) is 1. The molecule has 1 fully saturated rings. The Morgan fingerprint density at radius 3 is 2.81 bits per heavy atom. The second kappa shape index (κ2) is 7.25. The molecule has 1 unspecified atom stereocenters. The van der Waals surface area contributed by atoms with Crippen molar-refractivity contribution in [1.29, 1.82) is 0 Å². The summed E-state index contributed by atoms with van der Waals surface area (Å²) in [5.41, 5.74) is 5.47. The van der Waals surface area contributed by atoms with Crippen molar-refractivity contribution in [2.24, 2.45) is 0 Å². The van der Waals surface area contributed by atoms with Gasteiger partial charge in [0.2, 0.25) is 0 Å². The Morgan fingerprint density at radius 1 is 1.23 bits per heavy atom. The molecule has 1 saturated heterocycles. The minimum absolute atomic E-state index is 0.463. The van der Waals surface area contributed by atoms with Crippen LogP contribution >= 0.6 is 11.6 Å². The standard InChI is InChI=1S/C20H24ClN5/c1-14-19(22-2)20-23-10-9-18(26(20)24-14)16-4-3-11-25(13-16)12-15-5-7-17(21)8-6-15/h5-10,16,22H,3-4,11-13H2,1-2H3. The van der Waals surface area contributed by atoms with E-state index in [9.17, 15) is 0 Å². The molecule has 0 spiro atoms. The number of aryl methyl sites for hydroxylation is 1. The molecular formula is C20H24ClN5. The molecule has 0 saturated carbocycles. The Hall–Kier alpha value is -2.11. The van der Waals surface area contributed by atoms with E-state index in [1.807, 2.05) is 36.8 Å². The average Bonchev–Trinajstić information content (AvgIpc) is 2.99. The summed E-state index contributed by atoms with van der Waals surface area (Å²) < 4.78 is 2.03. The first-order chi connectivity index (χ1) is 12.7. The van der Waals surface area contributed by atoms with Crippen LogP contribution in [0.5, 0.6) is 0 Å². The van der Waals surface area contributed by atoms with Crippen LogP contribution in [0.3, 0.4) is 0 Å². The molecule has 0 radical (unpaired) electrons. The molecule has 1 N–H and O–H groups in total. The maximum absolute atomic E-state index is 6.01. The molecule has 0 amide bonds. The van der Waals surface area contributed by atoms with E-state index < -0.39 is 0 Å². The first kappa shape index (κ1) is 17.3. The SMILES string of the molecule is CNc1c(C)nn2c(C3CCCN(Cc4ccc(Cl)cc4)C3)ccnc12. The Bertz CT molecular complexity index is 902. The number of hydrogen-bond acceptors (Lipinski definition) is 4. The minimum atomic E-state index is 0.463. The molecule has 6 heteroatoms. The maximum atomic E-state index is 6.01. The zero-order valence-electron chi connectivity index (χ0n) is 15.2. The molecule has 1 aliphatic heterocycles. The highest BCUT2D eigenvalue weighted by Crippen LogP contribution is 2.30. The summed E-state index contributed by atoms with van der Waals surface area (Å²) in [5.74, 6) is 0.463. The highest BCUT2D eigenvalue weighted by atomic mass is 35.5. The van der Waals surface area contributed by atoms with Gasteiger partial charge in [-0.1, -0.05) is 23.7 Å². The van der Waals surface area contributed by atoms with Crippen molar-refractivity contribution in [3.05, 3.63) is 58.5 Å². The van der Waals surface area contributed by atoms with Gasteiger partial charge in [0.15, 0.2) is 5.65 Å².